The lowest BCUT2D eigenvalue weighted by Crippen LogP contribution is -2.36. The van der Waals surface area contributed by atoms with Gasteiger partial charge in [0, 0.05) is 56.3 Å². The maximum atomic E-state index is 12.6. The van der Waals surface area contributed by atoms with Gasteiger partial charge in [-0.15, -0.1) is 13.2 Å². The van der Waals surface area contributed by atoms with Crippen LogP contribution in [0.1, 0.15) is 6.92 Å². The summed E-state index contributed by atoms with van der Waals surface area (Å²) in [4.78, 5) is 21.5. The average Bonchev–Trinajstić information content (AvgIpc) is 3.29. The van der Waals surface area contributed by atoms with Gasteiger partial charge in [0.15, 0.2) is 0 Å². The fraction of sp³-hybridized carbons (Fsp3) is 0.391. The molecule has 0 radical (unpaired) electrons. The van der Waals surface area contributed by atoms with E-state index in [0.29, 0.717) is 22.5 Å². The van der Waals surface area contributed by atoms with Crippen molar-refractivity contribution >= 4 is 34.0 Å². The summed E-state index contributed by atoms with van der Waals surface area (Å²) in [5, 5.41) is 0.374. The highest BCUT2D eigenvalue weighted by molar-refractivity contribution is 6.29. The van der Waals surface area contributed by atoms with Crippen LogP contribution in [0.2, 0.25) is 5.15 Å². The molecule has 2 aliphatic heterocycles. The Morgan fingerprint density at radius 1 is 1.09 bits per heavy atom. The van der Waals surface area contributed by atoms with Crippen molar-refractivity contribution in [1.82, 2.24) is 9.55 Å². The van der Waals surface area contributed by atoms with Crippen LogP contribution in [-0.2, 0) is 7.05 Å². The van der Waals surface area contributed by atoms with Gasteiger partial charge in [-0.05, 0) is 43.3 Å². The number of hydrogen-bond acceptors (Lipinski definition) is 5. The van der Waals surface area contributed by atoms with Crippen molar-refractivity contribution in [3.05, 3.63) is 58.0 Å². The van der Waals surface area contributed by atoms with Gasteiger partial charge in [0.25, 0.3) is 5.56 Å². The van der Waals surface area contributed by atoms with E-state index in [-0.39, 0.29) is 17.4 Å². The molecule has 4 heterocycles. The van der Waals surface area contributed by atoms with E-state index in [1.807, 2.05) is 6.07 Å². The second-order valence-electron chi connectivity index (χ2n) is 8.69. The van der Waals surface area contributed by atoms with Gasteiger partial charge >= 0.3 is 6.36 Å². The number of aromatic nitrogens is 2. The summed E-state index contributed by atoms with van der Waals surface area (Å²) in [5.74, 6) is 0.465. The summed E-state index contributed by atoms with van der Waals surface area (Å²) in [6, 6.07) is 11.3. The minimum atomic E-state index is -4.70. The Morgan fingerprint density at radius 2 is 1.82 bits per heavy atom. The van der Waals surface area contributed by atoms with Crippen LogP contribution >= 0.6 is 11.6 Å². The predicted molar refractivity (Wildman–Crippen MR) is 121 cm³/mol. The number of nitrogens with zero attached hydrogens (tertiary/aromatic N) is 4. The molecule has 1 aromatic carbocycles. The summed E-state index contributed by atoms with van der Waals surface area (Å²) < 4.78 is 42.8. The van der Waals surface area contributed by atoms with Gasteiger partial charge in [0.2, 0.25) is 0 Å². The second-order valence-corrected chi connectivity index (χ2v) is 9.08. The molecule has 2 aromatic heterocycles. The number of hydrogen-bond donors (Lipinski definition) is 0. The molecule has 0 aliphatic carbocycles. The zero-order valence-electron chi connectivity index (χ0n) is 18.0. The molecular formula is C23H22ClF3N4O2. The first-order valence-electron chi connectivity index (χ1n) is 10.6. The number of ether oxygens (including phenoxy) is 1. The van der Waals surface area contributed by atoms with E-state index in [1.54, 1.807) is 35.9 Å². The Hall–Kier alpha value is -2.94. The van der Waals surface area contributed by atoms with E-state index in [1.165, 1.54) is 12.1 Å². The smallest absolute Gasteiger partial charge is 0.406 e. The summed E-state index contributed by atoms with van der Waals surface area (Å²) in [6.45, 7) is 4.46. The monoisotopic (exact) mass is 478 g/mol. The standard InChI is InChI=1S/C23H22ClF3N4O2/c1-13-17-12-30(15-3-5-16(6-4-15)33-23(25,26)27)10-14(17)11-31(13)19-9-21(32)29(2)18-7-8-20(24)28-22(18)19/h3-9,13-14,17H,10-12H2,1-2H3/t13-,14+,17-/m0/s1. The van der Waals surface area contributed by atoms with E-state index >= 15 is 0 Å². The first-order valence-corrected chi connectivity index (χ1v) is 11.0. The molecule has 0 amide bonds. The van der Waals surface area contributed by atoms with Crippen LogP contribution in [0.5, 0.6) is 5.75 Å². The molecule has 2 aliphatic rings. The van der Waals surface area contributed by atoms with E-state index in [2.05, 4.69) is 26.4 Å². The van der Waals surface area contributed by atoms with Crippen molar-refractivity contribution in [2.75, 3.05) is 29.4 Å². The molecule has 5 rings (SSSR count). The van der Waals surface area contributed by atoms with Crippen LogP contribution in [0.3, 0.4) is 0 Å². The highest BCUT2D eigenvalue weighted by Crippen LogP contribution is 2.41. The average molecular weight is 479 g/mol. The van der Waals surface area contributed by atoms with Crippen molar-refractivity contribution in [2.24, 2.45) is 18.9 Å². The zero-order chi connectivity index (χ0) is 23.5. The predicted octanol–water partition coefficient (Wildman–Crippen LogP) is 4.45. The molecule has 2 saturated heterocycles. The fourth-order valence-corrected chi connectivity index (χ4v) is 5.33. The number of rotatable bonds is 3. The lowest BCUT2D eigenvalue weighted by atomic mass is 9.95. The number of aryl methyl sites for hydroxylation is 1. The van der Waals surface area contributed by atoms with E-state index in [0.717, 1.165) is 36.5 Å². The molecule has 6 nitrogen and oxygen atoms in total. The Kier molecular flexibility index (Phi) is 5.19. The number of anilines is 2. The summed E-state index contributed by atoms with van der Waals surface area (Å²) in [5.41, 5.74) is 2.99. The normalized spacial score (nSPS) is 22.8. The van der Waals surface area contributed by atoms with Crippen LogP contribution in [0, 0.1) is 11.8 Å². The van der Waals surface area contributed by atoms with Gasteiger partial charge in [0.1, 0.15) is 16.4 Å². The van der Waals surface area contributed by atoms with E-state index in [9.17, 15) is 18.0 Å². The minimum absolute atomic E-state index is 0.103. The molecule has 0 N–H and O–H groups in total. The number of alkyl halides is 3. The van der Waals surface area contributed by atoms with Gasteiger partial charge in [-0.1, -0.05) is 11.6 Å². The number of pyridine rings is 2. The zero-order valence-corrected chi connectivity index (χ0v) is 18.8. The van der Waals surface area contributed by atoms with Crippen LogP contribution in [0.4, 0.5) is 24.5 Å². The minimum Gasteiger partial charge on any atom is -0.406 e. The van der Waals surface area contributed by atoms with Crippen molar-refractivity contribution in [3.63, 3.8) is 0 Å². The van der Waals surface area contributed by atoms with Crippen LogP contribution < -0.4 is 20.1 Å². The topological polar surface area (TPSA) is 50.6 Å². The number of halogens is 4. The molecule has 174 valence electrons. The van der Waals surface area contributed by atoms with Gasteiger partial charge in [-0.25, -0.2) is 4.98 Å². The molecule has 0 bridgehead atoms. The van der Waals surface area contributed by atoms with Crippen LogP contribution in [-0.4, -0.2) is 41.6 Å². The lowest BCUT2D eigenvalue weighted by Gasteiger charge is -2.30. The highest BCUT2D eigenvalue weighted by Gasteiger charge is 2.45. The Morgan fingerprint density at radius 3 is 2.48 bits per heavy atom. The molecule has 33 heavy (non-hydrogen) atoms. The quantitative estimate of drug-likeness (QED) is 0.521. The third-order valence-electron chi connectivity index (χ3n) is 6.81. The van der Waals surface area contributed by atoms with Gasteiger partial charge in [-0.3, -0.25) is 4.79 Å². The van der Waals surface area contributed by atoms with Crippen molar-refractivity contribution in [3.8, 4) is 5.75 Å². The number of benzene rings is 1. The summed E-state index contributed by atoms with van der Waals surface area (Å²) >= 11 is 6.16. The third kappa shape index (κ3) is 3.99. The first-order chi connectivity index (χ1) is 15.6. The third-order valence-corrected chi connectivity index (χ3v) is 7.02. The summed E-state index contributed by atoms with van der Waals surface area (Å²) in [6.07, 6.45) is -4.70. The Labute approximate surface area is 193 Å². The van der Waals surface area contributed by atoms with Crippen molar-refractivity contribution in [2.45, 2.75) is 19.3 Å². The molecule has 10 heteroatoms. The molecular weight excluding hydrogens is 457 g/mol. The largest absolute Gasteiger partial charge is 0.573 e. The molecule has 2 fully saturated rings. The number of fused-ring (bicyclic) bond motifs is 2. The first kappa shape index (κ1) is 21.9. The second kappa shape index (κ2) is 7.83. The molecule has 3 atom stereocenters. The Balaban J connectivity index is 1.37. The maximum Gasteiger partial charge on any atom is 0.573 e. The van der Waals surface area contributed by atoms with Crippen LogP contribution in [0.15, 0.2) is 47.3 Å². The van der Waals surface area contributed by atoms with Crippen molar-refractivity contribution in [1.29, 1.82) is 0 Å². The molecule has 3 aromatic rings. The van der Waals surface area contributed by atoms with E-state index in [4.69, 9.17) is 11.6 Å². The van der Waals surface area contributed by atoms with Gasteiger partial charge in [0.05, 0.1) is 11.2 Å². The maximum absolute atomic E-state index is 12.6. The highest BCUT2D eigenvalue weighted by atomic mass is 35.5. The lowest BCUT2D eigenvalue weighted by molar-refractivity contribution is -0.274. The molecule has 0 saturated carbocycles. The van der Waals surface area contributed by atoms with Gasteiger partial charge < -0.3 is 19.1 Å². The van der Waals surface area contributed by atoms with Crippen LogP contribution in [0.25, 0.3) is 11.0 Å². The van der Waals surface area contributed by atoms with E-state index < -0.39 is 6.36 Å². The SMILES string of the molecule is C[C@H]1[C@@H]2CN(c3ccc(OC(F)(F)F)cc3)C[C@@H]2CN1c1cc(=O)n(C)c2ccc(Cl)nc12. The van der Waals surface area contributed by atoms with Gasteiger partial charge in [-0.2, -0.15) is 0 Å². The van der Waals surface area contributed by atoms with Crippen molar-refractivity contribution < 1.29 is 17.9 Å². The fourth-order valence-electron chi connectivity index (χ4n) is 5.18. The Bertz CT molecular complexity index is 1260. The summed E-state index contributed by atoms with van der Waals surface area (Å²) in [7, 11) is 1.72. The molecule has 0 spiro atoms. The molecule has 0 unspecified atom stereocenters.